The molecule has 2 aromatic carbocycles. The number of halogens is 1. The third-order valence-electron chi connectivity index (χ3n) is 4.41. The second-order valence-corrected chi connectivity index (χ2v) is 7.05. The Kier molecular flexibility index (Phi) is 5.39. The van der Waals surface area contributed by atoms with E-state index in [4.69, 9.17) is 16.1 Å². The summed E-state index contributed by atoms with van der Waals surface area (Å²) in [6.45, 7) is 0.927. The van der Waals surface area contributed by atoms with Crippen LogP contribution >= 0.6 is 11.6 Å². The lowest BCUT2D eigenvalue weighted by molar-refractivity contribution is 0.0769. The van der Waals surface area contributed by atoms with Gasteiger partial charge in [0, 0.05) is 42.1 Å². The van der Waals surface area contributed by atoms with Gasteiger partial charge in [-0.15, -0.1) is 0 Å². The van der Waals surface area contributed by atoms with Crippen molar-refractivity contribution in [2.24, 2.45) is 0 Å². The molecule has 146 valence electrons. The van der Waals surface area contributed by atoms with Crippen LogP contribution in [0, 0.1) is 0 Å². The summed E-state index contributed by atoms with van der Waals surface area (Å²) in [4.78, 5) is 22.6. The molecule has 0 unspecified atom stereocenters. The normalized spacial score (nSPS) is 10.8. The Bertz CT molecular complexity index is 1090. The van der Waals surface area contributed by atoms with E-state index in [1.54, 1.807) is 36.6 Å². The molecule has 29 heavy (non-hydrogen) atoms. The van der Waals surface area contributed by atoms with E-state index in [1.165, 1.54) is 0 Å². The van der Waals surface area contributed by atoms with Crippen molar-refractivity contribution in [3.8, 4) is 11.4 Å². The number of carbonyl (C=O) groups excluding carboxylic acids is 1. The highest BCUT2D eigenvalue weighted by Crippen LogP contribution is 2.19. The maximum atomic E-state index is 12.7. The highest BCUT2D eigenvalue weighted by Gasteiger charge is 2.16. The Labute approximate surface area is 172 Å². The lowest BCUT2D eigenvalue weighted by Crippen LogP contribution is -2.26. The van der Waals surface area contributed by atoms with Crippen molar-refractivity contribution in [3.63, 3.8) is 0 Å². The quantitative estimate of drug-likeness (QED) is 0.484. The number of hydrogen-bond donors (Lipinski definition) is 0. The molecule has 1 amide bonds. The smallest absolute Gasteiger partial charge is 0.254 e. The second kappa shape index (κ2) is 8.28. The van der Waals surface area contributed by atoms with Crippen LogP contribution in [-0.2, 0) is 13.1 Å². The molecular formula is C21H18ClN5O2. The summed E-state index contributed by atoms with van der Waals surface area (Å²) in [6, 6.07) is 14.7. The fourth-order valence-corrected chi connectivity index (χ4v) is 3.00. The van der Waals surface area contributed by atoms with Crippen LogP contribution < -0.4 is 0 Å². The number of aromatic nitrogens is 4. The van der Waals surface area contributed by atoms with Crippen LogP contribution in [0.2, 0.25) is 5.02 Å². The average Bonchev–Trinajstić information content (AvgIpc) is 3.41. The van der Waals surface area contributed by atoms with E-state index in [1.807, 2.05) is 47.2 Å². The van der Waals surface area contributed by atoms with Crippen LogP contribution in [0.15, 0.2) is 71.8 Å². The van der Waals surface area contributed by atoms with Gasteiger partial charge in [0.05, 0.1) is 12.9 Å². The molecule has 0 bridgehead atoms. The maximum absolute atomic E-state index is 12.7. The summed E-state index contributed by atoms with van der Waals surface area (Å²) in [5.41, 5.74) is 2.48. The second-order valence-electron chi connectivity index (χ2n) is 6.61. The fourth-order valence-electron chi connectivity index (χ4n) is 2.87. The Balaban J connectivity index is 1.40. The van der Waals surface area contributed by atoms with Gasteiger partial charge in [-0.2, -0.15) is 4.98 Å². The molecule has 0 saturated carbocycles. The van der Waals surface area contributed by atoms with E-state index in [2.05, 4.69) is 15.1 Å². The molecule has 0 atom stereocenters. The number of hydrogen-bond acceptors (Lipinski definition) is 5. The van der Waals surface area contributed by atoms with Crippen molar-refractivity contribution < 1.29 is 9.32 Å². The zero-order valence-electron chi connectivity index (χ0n) is 15.7. The topological polar surface area (TPSA) is 77.0 Å². The number of rotatable bonds is 6. The molecule has 0 aliphatic heterocycles. The molecule has 0 radical (unpaired) electrons. The lowest BCUT2D eigenvalue weighted by Gasteiger charge is -2.15. The van der Waals surface area contributed by atoms with Gasteiger partial charge in [0.15, 0.2) is 0 Å². The van der Waals surface area contributed by atoms with E-state index in [-0.39, 0.29) is 12.5 Å². The molecule has 0 aliphatic rings. The van der Waals surface area contributed by atoms with Gasteiger partial charge in [-0.05, 0) is 42.0 Å². The van der Waals surface area contributed by atoms with Crippen LogP contribution in [0.5, 0.6) is 0 Å². The Morgan fingerprint density at radius 2 is 1.90 bits per heavy atom. The average molecular weight is 408 g/mol. The van der Waals surface area contributed by atoms with E-state index in [0.717, 1.165) is 11.1 Å². The standard InChI is InChI=1S/C21H18ClN5O2/c1-26(13-19-24-20(25-29-19)16-6-8-18(22)9-7-16)21(28)17-4-2-15(3-5-17)12-27-11-10-23-14-27/h2-11,14H,12-13H2,1H3. The molecule has 0 N–H and O–H groups in total. The van der Waals surface area contributed by atoms with Crippen molar-refractivity contribution >= 4 is 17.5 Å². The number of benzene rings is 2. The van der Waals surface area contributed by atoms with E-state index in [0.29, 0.717) is 28.8 Å². The molecule has 4 rings (SSSR count). The summed E-state index contributed by atoms with van der Waals surface area (Å²) in [6.07, 6.45) is 5.40. The predicted octanol–water partition coefficient (Wildman–Crippen LogP) is 3.91. The summed E-state index contributed by atoms with van der Waals surface area (Å²) in [5, 5.41) is 4.61. The molecule has 2 heterocycles. The highest BCUT2D eigenvalue weighted by molar-refractivity contribution is 6.30. The van der Waals surface area contributed by atoms with Gasteiger partial charge in [-0.3, -0.25) is 4.79 Å². The van der Waals surface area contributed by atoms with Gasteiger partial charge in [0.25, 0.3) is 5.91 Å². The van der Waals surface area contributed by atoms with Gasteiger partial charge in [-0.1, -0.05) is 28.9 Å². The number of nitrogens with zero attached hydrogens (tertiary/aromatic N) is 5. The van der Waals surface area contributed by atoms with Crippen LogP contribution in [0.1, 0.15) is 21.8 Å². The number of carbonyl (C=O) groups is 1. The first-order chi connectivity index (χ1) is 14.1. The minimum absolute atomic E-state index is 0.120. The van der Waals surface area contributed by atoms with Crippen LogP contribution in [0.25, 0.3) is 11.4 Å². The summed E-state index contributed by atoms with van der Waals surface area (Å²) >= 11 is 5.90. The third kappa shape index (κ3) is 4.52. The van der Waals surface area contributed by atoms with Gasteiger partial charge < -0.3 is 14.0 Å². The fraction of sp³-hybridized carbons (Fsp3) is 0.143. The van der Waals surface area contributed by atoms with Crippen LogP contribution in [-0.4, -0.2) is 37.5 Å². The molecule has 8 heteroatoms. The maximum Gasteiger partial charge on any atom is 0.254 e. The van der Waals surface area contributed by atoms with E-state index < -0.39 is 0 Å². The zero-order valence-corrected chi connectivity index (χ0v) is 16.5. The first-order valence-electron chi connectivity index (χ1n) is 8.97. The van der Waals surface area contributed by atoms with E-state index >= 15 is 0 Å². The Morgan fingerprint density at radius 3 is 2.59 bits per heavy atom. The molecule has 0 saturated heterocycles. The van der Waals surface area contributed by atoms with Gasteiger partial charge in [0.2, 0.25) is 11.7 Å². The Hall–Kier alpha value is -3.45. The molecule has 0 spiro atoms. The van der Waals surface area contributed by atoms with Gasteiger partial charge >= 0.3 is 0 Å². The molecule has 2 aromatic heterocycles. The third-order valence-corrected chi connectivity index (χ3v) is 4.67. The van der Waals surface area contributed by atoms with Crippen molar-refractivity contribution in [2.45, 2.75) is 13.1 Å². The van der Waals surface area contributed by atoms with E-state index in [9.17, 15) is 4.79 Å². The zero-order chi connectivity index (χ0) is 20.2. The molecule has 0 aliphatic carbocycles. The van der Waals surface area contributed by atoms with Gasteiger partial charge in [0.1, 0.15) is 0 Å². The van der Waals surface area contributed by atoms with Crippen molar-refractivity contribution in [2.75, 3.05) is 7.05 Å². The number of imidazole rings is 1. The van der Waals surface area contributed by atoms with Crippen molar-refractivity contribution in [3.05, 3.63) is 89.3 Å². The Morgan fingerprint density at radius 1 is 1.14 bits per heavy atom. The first kappa shape index (κ1) is 18.9. The van der Waals surface area contributed by atoms with Crippen LogP contribution in [0.4, 0.5) is 0 Å². The largest absolute Gasteiger partial charge is 0.337 e. The summed E-state index contributed by atoms with van der Waals surface area (Å²) in [5.74, 6) is 0.703. The first-order valence-corrected chi connectivity index (χ1v) is 9.35. The predicted molar refractivity (Wildman–Crippen MR) is 108 cm³/mol. The minimum Gasteiger partial charge on any atom is -0.337 e. The summed E-state index contributed by atoms with van der Waals surface area (Å²) in [7, 11) is 1.70. The lowest BCUT2D eigenvalue weighted by atomic mass is 10.1. The molecule has 4 aromatic rings. The minimum atomic E-state index is -0.120. The monoisotopic (exact) mass is 407 g/mol. The van der Waals surface area contributed by atoms with Crippen LogP contribution in [0.3, 0.4) is 0 Å². The molecular weight excluding hydrogens is 390 g/mol. The molecule has 7 nitrogen and oxygen atoms in total. The summed E-state index contributed by atoms with van der Waals surface area (Å²) < 4.78 is 7.26. The molecule has 0 fully saturated rings. The van der Waals surface area contributed by atoms with Gasteiger partial charge in [-0.25, -0.2) is 4.98 Å². The highest BCUT2D eigenvalue weighted by atomic mass is 35.5. The number of amides is 1. The van der Waals surface area contributed by atoms with Crippen molar-refractivity contribution in [1.82, 2.24) is 24.6 Å². The SMILES string of the molecule is CN(Cc1nc(-c2ccc(Cl)cc2)no1)C(=O)c1ccc(Cn2ccnc2)cc1. The van der Waals surface area contributed by atoms with Crippen molar-refractivity contribution in [1.29, 1.82) is 0 Å².